The van der Waals surface area contributed by atoms with Gasteiger partial charge in [-0.05, 0) is 13.8 Å². The highest BCUT2D eigenvalue weighted by Crippen LogP contribution is 2.32. The molecule has 0 bridgehead atoms. The molecule has 0 aliphatic carbocycles. The Hall–Kier alpha value is -0.650. The van der Waals surface area contributed by atoms with E-state index >= 15 is 0 Å². The van der Waals surface area contributed by atoms with Gasteiger partial charge in [-0.25, -0.2) is 0 Å². The molecule has 2 rings (SSSR count). The minimum atomic E-state index is -0.881. The number of ether oxygens (including phenoxy) is 2. The summed E-state index contributed by atoms with van der Waals surface area (Å²) in [4.78, 5) is 10.8. The number of rotatable bonds is 1. The normalized spacial score (nSPS) is 41.8. The second-order valence-electron chi connectivity index (χ2n) is 3.86. The maximum Gasteiger partial charge on any atom is 0.323 e. The highest BCUT2D eigenvalue weighted by atomic mass is 16.8. The van der Waals surface area contributed by atoms with Crippen LogP contribution in [0, 0.1) is 0 Å². The predicted molar refractivity (Wildman–Crippen MR) is 43.3 cm³/mol. The largest absolute Gasteiger partial charge is 0.480 e. The number of aliphatic carboxylic acids is 1. The van der Waals surface area contributed by atoms with Crippen LogP contribution in [0.4, 0.5) is 0 Å². The summed E-state index contributed by atoms with van der Waals surface area (Å²) >= 11 is 0. The van der Waals surface area contributed by atoms with Gasteiger partial charge in [0.1, 0.15) is 18.2 Å². The van der Waals surface area contributed by atoms with Crippen molar-refractivity contribution < 1.29 is 19.4 Å². The molecule has 74 valence electrons. The zero-order valence-corrected chi connectivity index (χ0v) is 7.61. The molecule has 3 atom stereocenters. The summed E-state index contributed by atoms with van der Waals surface area (Å²) in [7, 11) is 0. The van der Waals surface area contributed by atoms with Gasteiger partial charge in [0, 0.05) is 6.54 Å². The SMILES string of the molecule is CC1(C)OC2CNC(C(=O)O)C2O1. The molecule has 0 radical (unpaired) electrons. The molecule has 3 unspecified atom stereocenters. The van der Waals surface area contributed by atoms with Crippen LogP contribution in [0.3, 0.4) is 0 Å². The molecular weight excluding hydrogens is 174 g/mol. The zero-order valence-electron chi connectivity index (χ0n) is 7.61. The van der Waals surface area contributed by atoms with Crippen LogP contribution in [-0.2, 0) is 14.3 Å². The number of carbonyl (C=O) groups is 1. The lowest BCUT2D eigenvalue weighted by atomic mass is 10.1. The molecule has 2 heterocycles. The Balaban J connectivity index is 2.12. The van der Waals surface area contributed by atoms with Crippen LogP contribution in [-0.4, -0.2) is 41.7 Å². The molecule has 2 fully saturated rings. The van der Waals surface area contributed by atoms with E-state index in [0.717, 1.165) is 0 Å². The maximum atomic E-state index is 10.8. The molecule has 5 heteroatoms. The minimum absolute atomic E-state index is 0.129. The molecule has 0 spiro atoms. The van der Waals surface area contributed by atoms with Gasteiger partial charge >= 0.3 is 5.97 Å². The quantitative estimate of drug-likeness (QED) is 0.582. The maximum absolute atomic E-state index is 10.8. The van der Waals surface area contributed by atoms with Crippen molar-refractivity contribution in [1.29, 1.82) is 0 Å². The van der Waals surface area contributed by atoms with E-state index in [-0.39, 0.29) is 12.2 Å². The summed E-state index contributed by atoms with van der Waals surface area (Å²) in [6, 6.07) is -0.633. The summed E-state index contributed by atoms with van der Waals surface area (Å²) in [5.74, 6) is -1.53. The highest BCUT2D eigenvalue weighted by molar-refractivity contribution is 5.75. The van der Waals surface area contributed by atoms with E-state index in [0.29, 0.717) is 6.54 Å². The molecular formula is C8H13NO4. The lowest BCUT2D eigenvalue weighted by molar-refractivity contribution is -0.160. The molecule has 2 saturated heterocycles. The Morgan fingerprint density at radius 1 is 1.54 bits per heavy atom. The molecule has 0 aromatic heterocycles. The summed E-state index contributed by atoms with van der Waals surface area (Å²) in [6.07, 6.45) is -0.483. The number of hydrogen-bond donors (Lipinski definition) is 2. The average Bonchev–Trinajstić information content (AvgIpc) is 2.41. The zero-order chi connectivity index (χ0) is 9.64. The molecule has 2 aliphatic rings. The first-order chi connectivity index (χ1) is 5.99. The van der Waals surface area contributed by atoms with Crippen molar-refractivity contribution in [3.8, 4) is 0 Å². The average molecular weight is 187 g/mol. The monoisotopic (exact) mass is 187 g/mol. The van der Waals surface area contributed by atoms with Crippen molar-refractivity contribution >= 4 is 5.97 Å². The fraction of sp³-hybridized carbons (Fsp3) is 0.875. The summed E-state index contributed by atoms with van der Waals surface area (Å²) < 4.78 is 11.0. The van der Waals surface area contributed by atoms with Gasteiger partial charge in [-0.2, -0.15) is 0 Å². The van der Waals surface area contributed by atoms with Crippen LogP contribution in [0.2, 0.25) is 0 Å². The van der Waals surface area contributed by atoms with Gasteiger partial charge in [0.15, 0.2) is 5.79 Å². The molecule has 5 nitrogen and oxygen atoms in total. The smallest absolute Gasteiger partial charge is 0.323 e. The second kappa shape index (κ2) is 2.67. The number of hydrogen-bond acceptors (Lipinski definition) is 4. The summed E-state index contributed by atoms with van der Waals surface area (Å²) in [5.41, 5.74) is 0. The van der Waals surface area contributed by atoms with Crippen LogP contribution < -0.4 is 5.32 Å². The molecule has 2 aliphatic heterocycles. The summed E-state index contributed by atoms with van der Waals surface area (Å²) in [6.45, 7) is 4.14. The third-order valence-electron chi connectivity index (χ3n) is 2.36. The van der Waals surface area contributed by atoms with Crippen molar-refractivity contribution in [2.24, 2.45) is 0 Å². The van der Waals surface area contributed by atoms with E-state index in [1.54, 1.807) is 13.8 Å². The van der Waals surface area contributed by atoms with Crippen molar-refractivity contribution in [2.45, 2.75) is 37.9 Å². The number of carboxylic acid groups (broad SMARTS) is 1. The Labute approximate surface area is 76.0 Å². The topological polar surface area (TPSA) is 67.8 Å². The van der Waals surface area contributed by atoms with E-state index in [4.69, 9.17) is 14.6 Å². The van der Waals surface area contributed by atoms with Gasteiger partial charge in [-0.1, -0.05) is 0 Å². The Kier molecular flexibility index (Phi) is 1.83. The molecule has 0 aromatic carbocycles. The first-order valence-corrected chi connectivity index (χ1v) is 4.31. The number of fused-ring (bicyclic) bond motifs is 1. The van der Waals surface area contributed by atoms with E-state index in [9.17, 15) is 4.79 Å². The molecule has 0 saturated carbocycles. The number of nitrogens with one attached hydrogen (secondary N) is 1. The van der Waals surface area contributed by atoms with Crippen LogP contribution in [0.5, 0.6) is 0 Å². The van der Waals surface area contributed by atoms with E-state index in [1.165, 1.54) is 0 Å². The van der Waals surface area contributed by atoms with Gasteiger partial charge in [0.2, 0.25) is 0 Å². The van der Waals surface area contributed by atoms with Crippen LogP contribution in [0.1, 0.15) is 13.8 Å². The van der Waals surface area contributed by atoms with Gasteiger partial charge < -0.3 is 14.6 Å². The first-order valence-electron chi connectivity index (χ1n) is 4.31. The molecule has 0 aromatic rings. The van der Waals surface area contributed by atoms with Crippen LogP contribution in [0.25, 0.3) is 0 Å². The lowest BCUT2D eigenvalue weighted by Crippen LogP contribution is -2.41. The Bertz CT molecular complexity index is 240. The molecule has 0 amide bonds. The fourth-order valence-electron chi connectivity index (χ4n) is 1.89. The van der Waals surface area contributed by atoms with E-state index in [1.807, 2.05) is 0 Å². The van der Waals surface area contributed by atoms with Crippen molar-refractivity contribution in [3.63, 3.8) is 0 Å². The van der Waals surface area contributed by atoms with Gasteiger partial charge in [-0.3, -0.25) is 10.1 Å². The second-order valence-corrected chi connectivity index (χ2v) is 3.86. The molecule has 2 N–H and O–H groups in total. The van der Waals surface area contributed by atoms with Crippen LogP contribution >= 0.6 is 0 Å². The standard InChI is InChI=1S/C8H13NO4/c1-8(2)12-4-3-9-5(7(10)11)6(4)13-8/h4-6,9H,3H2,1-2H3,(H,10,11). The third kappa shape index (κ3) is 1.43. The summed E-state index contributed by atoms with van der Waals surface area (Å²) in [5, 5.41) is 11.7. The van der Waals surface area contributed by atoms with Crippen molar-refractivity contribution in [1.82, 2.24) is 5.32 Å². The van der Waals surface area contributed by atoms with E-state index < -0.39 is 17.8 Å². The predicted octanol–water partition coefficient (Wildman–Crippen LogP) is -0.437. The Morgan fingerprint density at radius 2 is 2.23 bits per heavy atom. The third-order valence-corrected chi connectivity index (χ3v) is 2.36. The number of carboxylic acids is 1. The van der Waals surface area contributed by atoms with Gasteiger partial charge in [0.05, 0.1) is 0 Å². The lowest BCUT2D eigenvalue weighted by Gasteiger charge is -2.20. The van der Waals surface area contributed by atoms with Crippen molar-refractivity contribution in [3.05, 3.63) is 0 Å². The molecule has 13 heavy (non-hydrogen) atoms. The first kappa shape index (κ1) is 8.93. The fourth-order valence-corrected chi connectivity index (χ4v) is 1.89. The van der Waals surface area contributed by atoms with Crippen LogP contribution in [0.15, 0.2) is 0 Å². The highest BCUT2D eigenvalue weighted by Gasteiger charge is 2.51. The van der Waals surface area contributed by atoms with Gasteiger partial charge in [0.25, 0.3) is 0 Å². The van der Waals surface area contributed by atoms with E-state index in [2.05, 4.69) is 5.32 Å². The minimum Gasteiger partial charge on any atom is -0.480 e. The van der Waals surface area contributed by atoms with Gasteiger partial charge in [-0.15, -0.1) is 0 Å². The Morgan fingerprint density at radius 3 is 2.85 bits per heavy atom. The van der Waals surface area contributed by atoms with Crippen molar-refractivity contribution in [2.75, 3.05) is 6.54 Å².